The first-order chi connectivity index (χ1) is 10.7. The van der Waals surface area contributed by atoms with Crippen molar-refractivity contribution in [2.45, 2.75) is 32.4 Å². The van der Waals surface area contributed by atoms with Gasteiger partial charge in [-0.05, 0) is 41.6 Å². The van der Waals surface area contributed by atoms with Crippen molar-refractivity contribution < 1.29 is 9.90 Å². The number of hydrogen-bond donors (Lipinski definition) is 1. The summed E-state index contributed by atoms with van der Waals surface area (Å²) in [5.74, 6) is -0.702. The van der Waals surface area contributed by atoms with Gasteiger partial charge in [0.15, 0.2) is 0 Å². The predicted molar refractivity (Wildman–Crippen MR) is 94.7 cm³/mol. The first-order valence-electron chi connectivity index (χ1n) is 7.84. The third-order valence-electron chi connectivity index (χ3n) is 4.23. The molecule has 4 heteroatoms. The number of nitrogens with zero attached hydrogens (tertiary/aromatic N) is 1. The van der Waals surface area contributed by atoms with Crippen molar-refractivity contribution in [2.24, 2.45) is 0 Å². The zero-order valence-electron chi connectivity index (χ0n) is 13.1. The fourth-order valence-corrected chi connectivity index (χ4v) is 3.15. The summed E-state index contributed by atoms with van der Waals surface area (Å²) in [6, 6.07) is 17.2. The summed E-state index contributed by atoms with van der Waals surface area (Å²) < 4.78 is 0. The van der Waals surface area contributed by atoms with E-state index in [-0.39, 0.29) is 18.8 Å². The minimum atomic E-state index is -0.702. The number of benzene rings is 2. The van der Waals surface area contributed by atoms with E-state index in [1.807, 2.05) is 0 Å². The first kappa shape index (κ1) is 17.5. The highest BCUT2D eigenvalue weighted by molar-refractivity contribution is 5.85. The normalized spacial score (nSPS) is 13.4. The maximum absolute atomic E-state index is 10.6. The van der Waals surface area contributed by atoms with Crippen LogP contribution in [0.25, 0.3) is 11.1 Å². The van der Waals surface area contributed by atoms with Gasteiger partial charge in [-0.1, -0.05) is 48.5 Å². The molecule has 0 radical (unpaired) electrons. The monoisotopic (exact) mass is 331 g/mol. The topological polar surface area (TPSA) is 40.5 Å². The molecule has 3 nitrogen and oxygen atoms in total. The second-order valence-electron chi connectivity index (χ2n) is 5.88. The molecule has 0 aliphatic carbocycles. The molecule has 1 aliphatic rings. The van der Waals surface area contributed by atoms with Gasteiger partial charge in [0.2, 0.25) is 0 Å². The third-order valence-corrected chi connectivity index (χ3v) is 4.23. The number of hydrogen-bond acceptors (Lipinski definition) is 2. The molecule has 2 aromatic rings. The summed E-state index contributed by atoms with van der Waals surface area (Å²) in [5.41, 5.74) is 5.36. The van der Waals surface area contributed by atoms with Crippen molar-refractivity contribution >= 4 is 18.4 Å². The molecule has 23 heavy (non-hydrogen) atoms. The molecule has 0 bridgehead atoms. The molecule has 0 amide bonds. The van der Waals surface area contributed by atoms with E-state index < -0.39 is 5.97 Å². The van der Waals surface area contributed by atoms with Crippen LogP contribution in [0.4, 0.5) is 0 Å². The zero-order valence-corrected chi connectivity index (χ0v) is 13.9. The Bertz CT molecular complexity index is 624. The van der Waals surface area contributed by atoms with Gasteiger partial charge in [-0.25, -0.2) is 0 Å². The van der Waals surface area contributed by atoms with E-state index >= 15 is 0 Å². The van der Waals surface area contributed by atoms with Gasteiger partial charge >= 0.3 is 5.97 Å². The van der Waals surface area contributed by atoms with Crippen LogP contribution in [-0.2, 0) is 17.9 Å². The Morgan fingerprint density at radius 1 is 0.913 bits per heavy atom. The number of carboxylic acid groups (broad SMARTS) is 1. The Morgan fingerprint density at radius 3 is 1.96 bits per heavy atom. The summed E-state index contributed by atoms with van der Waals surface area (Å²) >= 11 is 0. The average Bonchev–Trinajstić information content (AvgIpc) is 2.68. The number of carbonyl (C=O) groups is 1. The Hall–Kier alpha value is -1.84. The molecule has 0 saturated heterocycles. The Kier molecular flexibility index (Phi) is 6.20. The van der Waals surface area contributed by atoms with Crippen molar-refractivity contribution in [3.05, 3.63) is 59.7 Å². The fraction of sp³-hybridized carbons (Fsp3) is 0.316. The van der Waals surface area contributed by atoms with Gasteiger partial charge in [0.25, 0.3) is 0 Å². The molecule has 2 aromatic carbocycles. The number of rotatable bonds is 5. The lowest BCUT2D eigenvalue weighted by molar-refractivity contribution is -0.137. The average molecular weight is 332 g/mol. The van der Waals surface area contributed by atoms with Gasteiger partial charge < -0.3 is 5.11 Å². The van der Waals surface area contributed by atoms with E-state index in [0.29, 0.717) is 0 Å². The number of aliphatic carboxylic acids is 1. The highest BCUT2D eigenvalue weighted by Crippen LogP contribution is 2.32. The van der Waals surface area contributed by atoms with Crippen LogP contribution in [0.5, 0.6) is 0 Å². The molecule has 0 fully saturated rings. The van der Waals surface area contributed by atoms with Crippen LogP contribution in [0.2, 0.25) is 0 Å². The predicted octanol–water partition coefficient (Wildman–Crippen LogP) is 4.35. The lowest BCUT2D eigenvalue weighted by Gasteiger charge is -2.20. The molecule has 0 atom stereocenters. The molecular formula is C19H22ClNO2. The van der Waals surface area contributed by atoms with Crippen LogP contribution >= 0.6 is 12.4 Å². The SMILES string of the molecule is Cl.O=C(O)CCCCN1Cc2ccccc2-c2ccccc2C1. The highest BCUT2D eigenvalue weighted by Gasteiger charge is 2.18. The lowest BCUT2D eigenvalue weighted by Crippen LogP contribution is -2.23. The summed E-state index contributed by atoms with van der Waals surface area (Å²) in [7, 11) is 0. The molecular weight excluding hydrogens is 310 g/mol. The molecule has 0 unspecified atom stereocenters. The number of unbranched alkanes of at least 4 members (excludes halogenated alkanes) is 1. The van der Waals surface area contributed by atoms with Crippen molar-refractivity contribution in [3.63, 3.8) is 0 Å². The smallest absolute Gasteiger partial charge is 0.303 e. The van der Waals surface area contributed by atoms with Crippen LogP contribution < -0.4 is 0 Å². The van der Waals surface area contributed by atoms with Crippen molar-refractivity contribution in [1.82, 2.24) is 4.90 Å². The summed E-state index contributed by atoms with van der Waals surface area (Å²) in [6.07, 6.45) is 1.94. The van der Waals surface area contributed by atoms with Crippen molar-refractivity contribution in [3.8, 4) is 11.1 Å². The molecule has 0 spiro atoms. The van der Waals surface area contributed by atoms with Crippen LogP contribution in [-0.4, -0.2) is 22.5 Å². The zero-order chi connectivity index (χ0) is 15.4. The van der Waals surface area contributed by atoms with Crippen LogP contribution in [0.3, 0.4) is 0 Å². The van der Waals surface area contributed by atoms with Crippen LogP contribution in [0, 0.1) is 0 Å². The van der Waals surface area contributed by atoms with Crippen LogP contribution in [0.15, 0.2) is 48.5 Å². The fourth-order valence-electron chi connectivity index (χ4n) is 3.15. The van der Waals surface area contributed by atoms with E-state index in [1.54, 1.807) is 0 Å². The second kappa shape index (κ2) is 8.14. The third kappa shape index (κ3) is 4.34. The standard InChI is InChI=1S/C19H21NO2.ClH/c21-19(22)11-5-6-12-20-13-15-7-1-3-9-17(15)18-10-4-2-8-16(18)14-20;/h1-4,7-10H,5-6,11-14H2,(H,21,22);1H. The molecule has 1 aliphatic heterocycles. The van der Waals surface area contributed by atoms with E-state index in [4.69, 9.17) is 5.11 Å². The Morgan fingerprint density at radius 2 is 1.43 bits per heavy atom. The summed E-state index contributed by atoms with van der Waals surface area (Å²) in [5, 5.41) is 8.74. The minimum Gasteiger partial charge on any atom is -0.481 e. The van der Waals surface area contributed by atoms with Crippen molar-refractivity contribution in [1.29, 1.82) is 0 Å². The summed E-state index contributed by atoms with van der Waals surface area (Å²) in [6.45, 7) is 2.80. The largest absolute Gasteiger partial charge is 0.481 e. The van der Waals surface area contributed by atoms with Crippen molar-refractivity contribution in [2.75, 3.05) is 6.54 Å². The second-order valence-corrected chi connectivity index (χ2v) is 5.88. The Labute approximate surface area is 143 Å². The molecule has 1 N–H and O–H groups in total. The molecule has 122 valence electrons. The van der Waals surface area contributed by atoms with E-state index in [9.17, 15) is 4.79 Å². The van der Waals surface area contributed by atoms with Gasteiger partial charge in [0.05, 0.1) is 0 Å². The van der Waals surface area contributed by atoms with Gasteiger partial charge in [-0.3, -0.25) is 9.69 Å². The molecule has 3 rings (SSSR count). The number of halogens is 1. The highest BCUT2D eigenvalue weighted by atomic mass is 35.5. The van der Waals surface area contributed by atoms with Gasteiger partial charge in [0.1, 0.15) is 0 Å². The van der Waals surface area contributed by atoms with Gasteiger partial charge in [0, 0.05) is 19.5 Å². The van der Waals surface area contributed by atoms with E-state index in [2.05, 4.69) is 53.4 Å². The van der Waals surface area contributed by atoms with Gasteiger partial charge in [-0.2, -0.15) is 0 Å². The maximum atomic E-state index is 10.6. The minimum absolute atomic E-state index is 0. The van der Waals surface area contributed by atoms with Gasteiger partial charge in [-0.15, -0.1) is 12.4 Å². The number of carboxylic acids is 1. The number of fused-ring (bicyclic) bond motifs is 3. The molecule has 0 saturated carbocycles. The first-order valence-corrected chi connectivity index (χ1v) is 7.84. The quantitative estimate of drug-likeness (QED) is 0.828. The Balaban J connectivity index is 0.00000192. The maximum Gasteiger partial charge on any atom is 0.303 e. The molecule has 1 heterocycles. The lowest BCUT2D eigenvalue weighted by atomic mass is 9.97. The van der Waals surface area contributed by atoms with Crippen LogP contribution in [0.1, 0.15) is 30.4 Å². The van der Waals surface area contributed by atoms with E-state index in [0.717, 1.165) is 32.5 Å². The van der Waals surface area contributed by atoms with E-state index in [1.165, 1.54) is 22.3 Å². The molecule has 0 aromatic heterocycles. The summed E-state index contributed by atoms with van der Waals surface area (Å²) in [4.78, 5) is 13.0.